The van der Waals surface area contributed by atoms with E-state index < -0.39 is 22.4 Å². The zero-order valence-electron chi connectivity index (χ0n) is 22.6. The highest BCUT2D eigenvalue weighted by molar-refractivity contribution is 5.99. The molecule has 0 bridgehead atoms. The van der Waals surface area contributed by atoms with Gasteiger partial charge in [0.05, 0.1) is 24.2 Å². The second kappa shape index (κ2) is 11.0. The lowest BCUT2D eigenvalue weighted by Crippen LogP contribution is -2.32. The van der Waals surface area contributed by atoms with Crippen LogP contribution in [-0.4, -0.2) is 41.3 Å². The van der Waals surface area contributed by atoms with Gasteiger partial charge in [-0.2, -0.15) is 0 Å². The van der Waals surface area contributed by atoms with E-state index in [1.54, 1.807) is 19.1 Å². The number of ketones is 1. The lowest BCUT2D eigenvalue weighted by atomic mass is 9.83. The summed E-state index contributed by atoms with van der Waals surface area (Å²) in [6, 6.07) is 7.29. The molecule has 2 rings (SSSR count). The highest BCUT2D eigenvalue weighted by Gasteiger charge is 2.32. The molecular formula is C29H42O6. The minimum atomic E-state index is -0.877. The van der Waals surface area contributed by atoms with E-state index in [1.807, 2.05) is 78.8 Å². The SMILES string of the molecule is CC(C)(CCOc1ccc(C(=O)C(C)(C)C)cc1)OCCC(C)(C)OC1=CCC(C)(C(=O)O)C=C1. The van der Waals surface area contributed by atoms with E-state index in [2.05, 4.69) is 0 Å². The zero-order chi connectivity index (χ0) is 26.5. The Morgan fingerprint density at radius 1 is 0.943 bits per heavy atom. The Hall–Kier alpha value is -2.60. The molecule has 0 saturated heterocycles. The standard InChI is InChI=1S/C29H42O6/c1-26(2,3)24(30)21-9-11-22(12-10-21)33-19-17-27(4,5)34-20-18-28(6,7)35-23-13-15-29(8,16-14-23)25(31)32/h9-15H,16-20H2,1-8H3,(H,31,32). The van der Waals surface area contributed by atoms with Crippen LogP contribution < -0.4 is 4.74 Å². The van der Waals surface area contributed by atoms with E-state index in [0.717, 1.165) is 5.75 Å². The zero-order valence-corrected chi connectivity index (χ0v) is 22.6. The molecule has 1 unspecified atom stereocenters. The third-order valence-electron chi connectivity index (χ3n) is 6.19. The maximum absolute atomic E-state index is 12.4. The topological polar surface area (TPSA) is 82.1 Å². The van der Waals surface area contributed by atoms with Gasteiger partial charge in [-0.25, -0.2) is 0 Å². The molecule has 0 fully saturated rings. The van der Waals surface area contributed by atoms with Crippen molar-refractivity contribution in [1.82, 2.24) is 0 Å². The predicted octanol–water partition coefficient (Wildman–Crippen LogP) is 6.60. The van der Waals surface area contributed by atoms with E-state index >= 15 is 0 Å². The molecule has 1 aliphatic carbocycles. The number of carbonyl (C=O) groups is 2. The summed E-state index contributed by atoms with van der Waals surface area (Å²) in [4.78, 5) is 23.7. The molecule has 35 heavy (non-hydrogen) atoms. The van der Waals surface area contributed by atoms with Gasteiger partial charge >= 0.3 is 5.97 Å². The van der Waals surface area contributed by atoms with Gasteiger partial charge in [0.2, 0.25) is 0 Å². The van der Waals surface area contributed by atoms with Crippen LogP contribution in [0.4, 0.5) is 0 Å². The lowest BCUT2D eigenvalue weighted by Gasteiger charge is -2.32. The number of carbonyl (C=O) groups excluding carboxylic acids is 1. The lowest BCUT2D eigenvalue weighted by molar-refractivity contribution is -0.145. The average Bonchev–Trinajstić information content (AvgIpc) is 2.74. The second-order valence-corrected chi connectivity index (χ2v) is 11.8. The fourth-order valence-corrected chi connectivity index (χ4v) is 3.51. The number of aliphatic carboxylic acids is 1. The largest absolute Gasteiger partial charge is 0.493 e. The molecule has 6 nitrogen and oxygen atoms in total. The van der Waals surface area contributed by atoms with Crippen LogP contribution in [0.1, 0.15) is 85.0 Å². The molecule has 1 atom stereocenters. The van der Waals surface area contributed by atoms with Gasteiger partial charge in [-0.15, -0.1) is 0 Å². The number of benzene rings is 1. The van der Waals surface area contributed by atoms with Crippen molar-refractivity contribution >= 4 is 11.8 Å². The van der Waals surface area contributed by atoms with E-state index in [4.69, 9.17) is 14.2 Å². The van der Waals surface area contributed by atoms with E-state index in [0.29, 0.717) is 43.8 Å². The predicted molar refractivity (Wildman–Crippen MR) is 138 cm³/mol. The summed E-state index contributed by atoms with van der Waals surface area (Å²) in [6.07, 6.45) is 7.07. The first-order valence-electron chi connectivity index (χ1n) is 12.3. The van der Waals surface area contributed by atoms with Crippen LogP contribution in [0.15, 0.2) is 48.3 Å². The fourth-order valence-electron chi connectivity index (χ4n) is 3.51. The quantitative estimate of drug-likeness (QED) is 0.335. The van der Waals surface area contributed by atoms with Gasteiger partial charge in [-0.05, 0) is 77.5 Å². The van der Waals surface area contributed by atoms with Crippen LogP contribution >= 0.6 is 0 Å². The number of carboxylic acids is 1. The molecule has 0 saturated carbocycles. The Bertz CT molecular complexity index is 946. The van der Waals surface area contributed by atoms with Crippen molar-refractivity contribution in [3.8, 4) is 5.75 Å². The molecule has 1 N–H and O–H groups in total. The molecule has 6 heteroatoms. The first-order valence-corrected chi connectivity index (χ1v) is 12.3. The number of hydrogen-bond acceptors (Lipinski definition) is 5. The number of ether oxygens (including phenoxy) is 3. The van der Waals surface area contributed by atoms with Crippen molar-refractivity contribution < 1.29 is 28.9 Å². The van der Waals surface area contributed by atoms with Crippen molar-refractivity contribution in [3.05, 3.63) is 53.8 Å². The van der Waals surface area contributed by atoms with Crippen molar-refractivity contribution in [2.75, 3.05) is 13.2 Å². The summed E-state index contributed by atoms with van der Waals surface area (Å²) in [7, 11) is 0. The molecule has 1 aliphatic rings. The summed E-state index contributed by atoms with van der Waals surface area (Å²) in [5.41, 5.74) is -1.42. The van der Waals surface area contributed by atoms with Gasteiger partial charge in [-0.1, -0.05) is 26.8 Å². The molecule has 0 heterocycles. The molecule has 0 radical (unpaired) electrons. The summed E-state index contributed by atoms with van der Waals surface area (Å²) in [6.45, 7) is 16.5. The number of Topliss-reactive ketones (excluding diaryl/α,β-unsaturated/α-hetero) is 1. The first kappa shape index (κ1) is 28.6. The smallest absolute Gasteiger partial charge is 0.313 e. The number of rotatable bonds is 12. The molecule has 1 aromatic rings. The van der Waals surface area contributed by atoms with Crippen LogP contribution in [0.3, 0.4) is 0 Å². The highest BCUT2D eigenvalue weighted by atomic mass is 16.5. The summed E-state index contributed by atoms with van der Waals surface area (Å²) < 4.78 is 18.1. The van der Waals surface area contributed by atoms with Crippen molar-refractivity contribution in [3.63, 3.8) is 0 Å². The van der Waals surface area contributed by atoms with Crippen molar-refractivity contribution in [2.45, 2.75) is 85.9 Å². The van der Waals surface area contributed by atoms with Crippen LogP contribution in [0.5, 0.6) is 5.75 Å². The number of allylic oxidation sites excluding steroid dienone is 2. The van der Waals surface area contributed by atoms with Gasteiger partial charge in [-0.3, -0.25) is 9.59 Å². The molecule has 0 amide bonds. The van der Waals surface area contributed by atoms with Crippen LogP contribution in [0.2, 0.25) is 0 Å². The fraction of sp³-hybridized carbons (Fsp3) is 0.586. The van der Waals surface area contributed by atoms with E-state index in [-0.39, 0.29) is 11.4 Å². The molecule has 1 aromatic carbocycles. The summed E-state index contributed by atoms with van der Waals surface area (Å²) >= 11 is 0. The molecular weight excluding hydrogens is 444 g/mol. The van der Waals surface area contributed by atoms with Gasteiger partial charge in [0, 0.05) is 23.8 Å². The summed E-state index contributed by atoms with van der Waals surface area (Å²) in [5.74, 6) is 0.695. The van der Waals surface area contributed by atoms with Gasteiger partial charge in [0.25, 0.3) is 0 Å². The van der Waals surface area contributed by atoms with Crippen molar-refractivity contribution in [2.24, 2.45) is 10.8 Å². The Labute approximate surface area is 210 Å². The van der Waals surface area contributed by atoms with Gasteiger partial charge < -0.3 is 19.3 Å². The second-order valence-electron chi connectivity index (χ2n) is 11.8. The van der Waals surface area contributed by atoms with Crippen LogP contribution in [0.25, 0.3) is 0 Å². The molecule has 194 valence electrons. The van der Waals surface area contributed by atoms with E-state index in [9.17, 15) is 14.7 Å². The minimum absolute atomic E-state index is 0.111. The minimum Gasteiger partial charge on any atom is -0.493 e. The highest BCUT2D eigenvalue weighted by Crippen LogP contribution is 2.32. The Balaban J connectivity index is 1.75. The molecule has 0 aromatic heterocycles. The van der Waals surface area contributed by atoms with Crippen molar-refractivity contribution in [1.29, 1.82) is 0 Å². The van der Waals surface area contributed by atoms with Gasteiger partial charge in [0.1, 0.15) is 17.1 Å². The molecule has 0 spiro atoms. The third-order valence-corrected chi connectivity index (χ3v) is 6.19. The third kappa shape index (κ3) is 8.84. The molecule has 0 aliphatic heterocycles. The normalized spacial score (nSPS) is 18.7. The van der Waals surface area contributed by atoms with Crippen LogP contribution in [0, 0.1) is 10.8 Å². The number of hydrogen-bond donors (Lipinski definition) is 1. The van der Waals surface area contributed by atoms with Gasteiger partial charge in [0.15, 0.2) is 5.78 Å². The average molecular weight is 487 g/mol. The number of carboxylic acid groups (broad SMARTS) is 1. The Morgan fingerprint density at radius 3 is 2.06 bits per heavy atom. The maximum Gasteiger partial charge on any atom is 0.313 e. The first-order chi connectivity index (χ1) is 16.0. The van der Waals surface area contributed by atoms with E-state index in [1.165, 1.54) is 0 Å². The summed E-state index contributed by atoms with van der Waals surface area (Å²) in [5, 5.41) is 9.33. The monoisotopic (exact) mass is 486 g/mol. The Kier molecular flexibility index (Phi) is 8.99. The maximum atomic E-state index is 12.4. The Morgan fingerprint density at radius 2 is 1.54 bits per heavy atom. The van der Waals surface area contributed by atoms with Crippen LogP contribution in [-0.2, 0) is 14.3 Å².